The van der Waals surface area contributed by atoms with Crippen LogP contribution in [-0.4, -0.2) is 65.3 Å². The summed E-state index contributed by atoms with van der Waals surface area (Å²) in [5, 5.41) is 2.75. The lowest BCUT2D eigenvalue weighted by molar-refractivity contribution is -0.138. The van der Waals surface area contributed by atoms with Crippen molar-refractivity contribution in [3.63, 3.8) is 0 Å². The van der Waals surface area contributed by atoms with E-state index in [0.29, 0.717) is 26.1 Å². The maximum atomic E-state index is 12.5. The molecule has 3 amide bonds. The second kappa shape index (κ2) is 7.29. The second-order valence-corrected chi connectivity index (χ2v) is 6.79. The fourth-order valence-corrected chi connectivity index (χ4v) is 3.23. The summed E-state index contributed by atoms with van der Waals surface area (Å²) in [7, 11) is 0. The van der Waals surface area contributed by atoms with Crippen molar-refractivity contribution in [2.45, 2.75) is 58.2 Å². The Morgan fingerprint density at radius 2 is 1.91 bits per heavy atom. The first-order valence-corrected chi connectivity index (χ1v) is 8.44. The van der Waals surface area contributed by atoms with Crippen LogP contribution in [0.1, 0.15) is 40.0 Å². The lowest BCUT2D eigenvalue weighted by Gasteiger charge is -2.30. The lowest BCUT2D eigenvalue weighted by atomic mass is 10.1. The average Bonchev–Trinajstić information content (AvgIpc) is 3.22. The molecule has 1 saturated carbocycles. The predicted molar refractivity (Wildman–Crippen MR) is 86.4 cm³/mol. The number of nitrogens with two attached hydrogens (primary N) is 1. The minimum absolute atomic E-state index is 0.0741. The third-order valence-electron chi connectivity index (χ3n) is 4.51. The zero-order valence-corrected chi connectivity index (χ0v) is 14.2. The second-order valence-electron chi connectivity index (χ2n) is 6.79. The van der Waals surface area contributed by atoms with Gasteiger partial charge in [-0.3, -0.25) is 14.4 Å². The average molecular weight is 324 g/mol. The van der Waals surface area contributed by atoms with Crippen LogP contribution in [0, 0.1) is 5.92 Å². The molecule has 2 rings (SSSR count). The van der Waals surface area contributed by atoms with E-state index in [4.69, 9.17) is 5.73 Å². The molecule has 2 aliphatic rings. The molecule has 23 heavy (non-hydrogen) atoms. The molecule has 0 aromatic heterocycles. The summed E-state index contributed by atoms with van der Waals surface area (Å²) in [5.41, 5.74) is 5.42. The Balaban J connectivity index is 2.13. The van der Waals surface area contributed by atoms with Gasteiger partial charge in [0.1, 0.15) is 6.04 Å². The fourth-order valence-electron chi connectivity index (χ4n) is 3.23. The number of amides is 3. The van der Waals surface area contributed by atoms with Gasteiger partial charge < -0.3 is 20.9 Å². The molecule has 1 saturated heterocycles. The minimum atomic E-state index is -0.509. The van der Waals surface area contributed by atoms with Crippen LogP contribution in [-0.2, 0) is 14.4 Å². The Kier molecular flexibility index (Phi) is 5.62. The topological polar surface area (TPSA) is 95.7 Å². The molecule has 130 valence electrons. The summed E-state index contributed by atoms with van der Waals surface area (Å²) in [6.07, 6.45) is 2.53. The number of nitrogens with one attached hydrogen (secondary N) is 1. The van der Waals surface area contributed by atoms with Gasteiger partial charge in [-0.25, -0.2) is 0 Å². The summed E-state index contributed by atoms with van der Waals surface area (Å²) in [6.45, 7) is 6.44. The van der Waals surface area contributed by atoms with Gasteiger partial charge in [0.15, 0.2) is 0 Å². The maximum absolute atomic E-state index is 12.5. The quantitative estimate of drug-likeness (QED) is 0.701. The van der Waals surface area contributed by atoms with E-state index in [-0.39, 0.29) is 35.7 Å². The monoisotopic (exact) mass is 324 g/mol. The first kappa shape index (κ1) is 17.7. The van der Waals surface area contributed by atoms with Gasteiger partial charge in [-0.15, -0.1) is 0 Å². The van der Waals surface area contributed by atoms with Crippen LogP contribution in [0.2, 0.25) is 0 Å². The highest BCUT2D eigenvalue weighted by atomic mass is 16.2. The smallest absolute Gasteiger partial charge is 0.242 e. The number of hydrogen-bond donors (Lipinski definition) is 2. The summed E-state index contributed by atoms with van der Waals surface area (Å²) in [5.74, 6) is -0.274. The van der Waals surface area contributed by atoms with Gasteiger partial charge in [-0.2, -0.15) is 0 Å². The molecule has 1 aliphatic carbocycles. The summed E-state index contributed by atoms with van der Waals surface area (Å²) < 4.78 is 0. The van der Waals surface area contributed by atoms with Crippen molar-refractivity contribution in [3.05, 3.63) is 0 Å². The van der Waals surface area contributed by atoms with Gasteiger partial charge in [0.2, 0.25) is 17.7 Å². The highest BCUT2D eigenvalue weighted by Crippen LogP contribution is 2.34. The molecule has 0 aromatic rings. The van der Waals surface area contributed by atoms with Crippen LogP contribution < -0.4 is 11.1 Å². The molecule has 0 aromatic carbocycles. The van der Waals surface area contributed by atoms with E-state index < -0.39 is 6.04 Å². The minimum Gasteiger partial charge on any atom is -0.353 e. The van der Waals surface area contributed by atoms with Crippen molar-refractivity contribution in [1.82, 2.24) is 15.1 Å². The number of nitrogens with zero attached hydrogens (tertiary/aromatic N) is 2. The lowest BCUT2D eigenvalue weighted by Crippen LogP contribution is -2.46. The van der Waals surface area contributed by atoms with E-state index in [1.807, 2.05) is 18.7 Å². The molecular weight excluding hydrogens is 296 g/mol. The highest BCUT2D eigenvalue weighted by Gasteiger charge is 2.46. The number of rotatable bonds is 6. The molecule has 2 fully saturated rings. The Hall–Kier alpha value is -1.63. The van der Waals surface area contributed by atoms with Crippen molar-refractivity contribution in [2.24, 2.45) is 11.7 Å². The zero-order valence-electron chi connectivity index (χ0n) is 14.2. The van der Waals surface area contributed by atoms with Gasteiger partial charge in [0, 0.05) is 38.5 Å². The van der Waals surface area contributed by atoms with E-state index in [9.17, 15) is 14.4 Å². The highest BCUT2D eigenvalue weighted by molar-refractivity contribution is 5.88. The Morgan fingerprint density at radius 1 is 1.26 bits per heavy atom. The Morgan fingerprint density at radius 3 is 2.39 bits per heavy atom. The number of carbonyl (C=O) groups excluding carboxylic acids is 3. The molecule has 1 heterocycles. The molecule has 7 heteroatoms. The standard InChI is InChI=1S/C16H28N4O3/c1-10(2)16(23)20(12-4-5-12)13-8-14(15(22)18-7-6-17)19(9-13)11(3)21/h10,12-14H,4-9,17H2,1-3H3,(H,18,22). The van der Waals surface area contributed by atoms with Crippen LogP contribution in [0.25, 0.3) is 0 Å². The van der Waals surface area contributed by atoms with E-state index in [0.717, 1.165) is 12.8 Å². The van der Waals surface area contributed by atoms with Gasteiger partial charge in [0.25, 0.3) is 0 Å². The van der Waals surface area contributed by atoms with Gasteiger partial charge in [0.05, 0.1) is 6.04 Å². The van der Waals surface area contributed by atoms with E-state index >= 15 is 0 Å². The van der Waals surface area contributed by atoms with Crippen LogP contribution in [0.15, 0.2) is 0 Å². The van der Waals surface area contributed by atoms with Crippen LogP contribution >= 0.6 is 0 Å². The molecule has 0 spiro atoms. The Labute approximate surface area is 137 Å². The molecule has 2 atom stereocenters. The molecular formula is C16H28N4O3. The van der Waals surface area contributed by atoms with Crippen molar-refractivity contribution >= 4 is 17.7 Å². The van der Waals surface area contributed by atoms with E-state index in [1.165, 1.54) is 6.92 Å². The van der Waals surface area contributed by atoms with E-state index in [2.05, 4.69) is 5.32 Å². The fraction of sp³-hybridized carbons (Fsp3) is 0.812. The molecule has 1 aliphatic heterocycles. The van der Waals surface area contributed by atoms with Crippen LogP contribution in [0.5, 0.6) is 0 Å². The Bertz CT molecular complexity index is 476. The third kappa shape index (κ3) is 4.02. The number of likely N-dealkylation sites (tertiary alicyclic amines) is 1. The number of hydrogen-bond acceptors (Lipinski definition) is 4. The van der Waals surface area contributed by atoms with Crippen molar-refractivity contribution in [1.29, 1.82) is 0 Å². The van der Waals surface area contributed by atoms with Gasteiger partial charge >= 0.3 is 0 Å². The molecule has 0 bridgehead atoms. The van der Waals surface area contributed by atoms with E-state index in [1.54, 1.807) is 4.90 Å². The normalized spacial score (nSPS) is 24.0. The molecule has 7 nitrogen and oxygen atoms in total. The largest absolute Gasteiger partial charge is 0.353 e. The van der Waals surface area contributed by atoms with Crippen molar-refractivity contribution < 1.29 is 14.4 Å². The summed E-state index contributed by atoms with van der Waals surface area (Å²) >= 11 is 0. The third-order valence-corrected chi connectivity index (χ3v) is 4.51. The van der Waals surface area contributed by atoms with Gasteiger partial charge in [-0.05, 0) is 19.3 Å². The van der Waals surface area contributed by atoms with Crippen molar-refractivity contribution in [2.75, 3.05) is 19.6 Å². The van der Waals surface area contributed by atoms with Crippen molar-refractivity contribution in [3.8, 4) is 0 Å². The first-order valence-electron chi connectivity index (χ1n) is 8.44. The maximum Gasteiger partial charge on any atom is 0.242 e. The predicted octanol–water partition coefficient (Wildman–Crippen LogP) is -0.302. The molecule has 0 radical (unpaired) electrons. The summed E-state index contributed by atoms with van der Waals surface area (Å²) in [4.78, 5) is 40.3. The molecule has 3 N–H and O–H groups in total. The molecule has 2 unspecified atom stereocenters. The SMILES string of the molecule is CC(=O)N1CC(N(C(=O)C(C)C)C2CC2)CC1C(=O)NCCN. The summed E-state index contributed by atoms with van der Waals surface area (Å²) in [6, 6.07) is -0.310. The van der Waals surface area contributed by atoms with Gasteiger partial charge in [-0.1, -0.05) is 13.8 Å². The van der Waals surface area contributed by atoms with Crippen LogP contribution in [0.4, 0.5) is 0 Å². The zero-order chi connectivity index (χ0) is 17.1. The first-order chi connectivity index (χ1) is 10.9. The number of carbonyl (C=O) groups is 3. The van der Waals surface area contributed by atoms with Crippen LogP contribution in [0.3, 0.4) is 0 Å².